The molecule has 1 aromatic rings. The zero-order chi connectivity index (χ0) is 10.3. The van der Waals surface area contributed by atoms with Crippen LogP contribution in [0.3, 0.4) is 0 Å². The molecule has 4 heteroatoms. The van der Waals surface area contributed by atoms with Crippen molar-refractivity contribution in [2.75, 3.05) is 6.54 Å². The highest BCUT2D eigenvalue weighted by Gasteiger charge is 2.45. The summed E-state index contributed by atoms with van der Waals surface area (Å²) in [5, 5.41) is 9.67. The molecule has 1 saturated carbocycles. The van der Waals surface area contributed by atoms with Gasteiger partial charge in [0.15, 0.2) is 0 Å². The lowest BCUT2D eigenvalue weighted by Crippen LogP contribution is -2.20. The van der Waals surface area contributed by atoms with Gasteiger partial charge in [0.25, 0.3) is 0 Å². The van der Waals surface area contributed by atoms with E-state index in [0.717, 1.165) is 12.8 Å². The number of phenols is 1. The van der Waals surface area contributed by atoms with Gasteiger partial charge in [0.05, 0.1) is 4.47 Å². The molecular weight excluding hydrogens is 249 g/mol. The number of rotatable bonds is 2. The number of aromatic hydroxyl groups is 1. The van der Waals surface area contributed by atoms with E-state index >= 15 is 0 Å². The van der Waals surface area contributed by atoms with E-state index in [-0.39, 0.29) is 21.5 Å². The molecule has 0 atom stereocenters. The molecule has 76 valence electrons. The molecule has 0 radical (unpaired) electrons. The van der Waals surface area contributed by atoms with Crippen molar-refractivity contribution in [2.45, 2.75) is 18.3 Å². The maximum atomic E-state index is 13.3. The topological polar surface area (TPSA) is 46.2 Å². The second-order valence-corrected chi connectivity index (χ2v) is 4.62. The summed E-state index contributed by atoms with van der Waals surface area (Å²) in [6.07, 6.45) is 1.86. The summed E-state index contributed by atoms with van der Waals surface area (Å²) in [6.45, 7) is 0.460. The van der Waals surface area contributed by atoms with Gasteiger partial charge in [0.2, 0.25) is 0 Å². The smallest absolute Gasteiger partial charge is 0.137 e. The Morgan fingerprint density at radius 1 is 1.50 bits per heavy atom. The number of benzene rings is 1. The standard InChI is InChI=1S/C10H11BrFNO/c11-7-4-9(14)6(3-8(7)12)10(5-13)1-2-10/h3-4,14H,1-2,5,13H2. The van der Waals surface area contributed by atoms with E-state index in [1.807, 2.05) is 0 Å². The van der Waals surface area contributed by atoms with Crippen LogP contribution >= 0.6 is 15.9 Å². The average Bonchev–Trinajstić information content (AvgIpc) is 2.92. The molecule has 1 aromatic carbocycles. The Morgan fingerprint density at radius 3 is 2.64 bits per heavy atom. The van der Waals surface area contributed by atoms with Crippen molar-refractivity contribution in [3.8, 4) is 5.75 Å². The summed E-state index contributed by atoms with van der Waals surface area (Å²) in [5.41, 5.74) is 6.08. The molecule has 0 bridgehead atoms. The Kier molecular flexibility index (Phi) is 2.27. The number of hydrogen-bond acceptors (Lipinski definition) is 2. The molecule has 0 saturated heterocycles. The second kappa shape index (κ2) is 3.21. The fraction of sp³-hybridized carbons (Fsp3) is 0.400. The first-order valence-corrected chi connectivity index (χ1v) is 5.27. The number of phenolic OH excluding ortho intramolecular Hbond substituents is 1. The minimum atomic E-state index is -0.350. The molecule has 14 heavy (non-hydrogen) atoms. The van der Waals surface area contributed by atoms with Gasteiger partial charge in [-0.1, -0.05) is 0 Å². The third kappa shape index (κ3) is 1.42. The van der Waals surface area contributed by atoms with Crippen molar-refractivity contribution < 1.29 is 9.50 Å². The monoisotopic (exact) mass is 259 g/mol. The molecule has 0 aliphatic heterocycles. The largest absolute Gasteiger partial charge is 0.508 e. The Labute approximate surface area is 90.1 Å². The highest BCUT2D eigenvalue weighted by molar-refractivity contribution is 9.10. The zero-order valence-corrected chi connectivity index (χ0v) is 9.14. The van der Waals surface area contributed by atoms with Crippen LogP contribution < -0.4 is 5.73 Å². The predicted molar refractivity (Wildman–Crippen MR) is 55.7 cm³/mol. The molecule has 1 aliphatic rings. The minimum absolute atomic E-state index is 0.126. The van der Waals surface area contributed by atoms with Crippen LogP contribution in [0, 0.1) is 5.82 Å². The van der Waals surface area contributed by atoms with E-state index in [1.54, 1.807) is 0 Å². The lowest BCUT2D eigenvalue weighted by atomic mass is 9.95. The summed E-state index contributed by atoms with van der Waals surface area (Å²) >= 11 is 3.02. The van der Waals surface area contributed by atoms with Crippen LogP contribution in [0.15, 0.2) is 16.6 Å². The third-order valence-corrected chi connectivity index (χ3v) is 3.46. The Balaban J connectivity index is 2.49. The van der Waals surface area contributed by atoms with E-state index < -0.39 is 0 Å². The summed E-state index contributed by atoms with van der Waals surface area (Å²) in [7, 11) is 0. The fourth-order valence-corrected chi connectivity index (χ4v) is 2.03. The van der Waals surface area contributed by atoms with E-state index in [4.69, 9.17) is 5.73 Å². The molecular formula is C10H11BrFNO. The van der Waals surface area contributed by atoms with Crippen LogP contribution in [0.1, 0.15) is 18.4 Å². The average molecular weight is 260 g/mol. The first-order valence-electron chi connectivity index (χ1n) is 4.48. The summed E-state index contributed by atoms with van der Waals surface area (Å²) < 4.78 is 13.5. The first-order chi connectivity index (χ1) is 6.59. The predicted octanol–water partition coefficient (Wildman–Crippen LogP) is 2.28. The molecule has 0 heterocycles. The summed E-state index contributed by atoms with van der Waals surface area (Å²) in [6, 6.07) is 2.76. The summed E-state index contributed by atoms with van der Waals surface area (Å²) in [5.74, 6) is -0.223. The van der Waals surface area contributed by atoms with Gasteiger partial charge in [-0.05, 0) is 40.9 Å². The maximum Gasteiger partial charge on any atom is 0.137 e. The highest BCUT2D eigenvalue weighted by atomic mass is 79.9. The van der Waals surface area contributed by atoms with Crippen molar-refractivity contribution in [1.82, 2.24) is 0 Å². The highest BCUT2D eigenvalue weighted by Crippen LogP contribution is 2.50. The Morgan fingerprint density at radius 2 is 2.14 bits per heavy atom. The van der Waals surface area contributed by atoms with Crippen molar-refractivity contribution in [2.24, 2.45) is 5.73 Å². The van der Waals surface area contributed by atoms with Crippen LogP contribution in [-0.4, -0.2) is 11.7 Å². The normalized spacial score (nSPS) is 18.2. The molecule has 1 fully saturated rings. The SMILES string of the molecule is NCC1(c2cc(F)c(Br)cc2O)CC1. The fourth-order valence-electron chi connectivity index (χ4n) is 1.70. The van der Waals surface area contributed by atoms with Crippen molar-refractivity contribution >= 4 is 15.9 Å². The van der Waals surface area contributed by atoms with Crippen molar-refractivity contribution in [3.63, 3.8) is 0 Å². The second-order valence-electron chi connectivity index (χ2n) is 3.77. The van der Waals surface area contributed by atoms with Crippen LogP contribution in [0.5, 0.6) is 5.75 Å². The van der Waals surface area contributed by atoms with Crippen LogP contribution in [0.25, 0.3) is 0 Å². The van der Waals surface area contributed by atoms with Gasteiger partial charge in [-0.3, -0.25) is 0 Å². The lowest BCUT2D eigenvalue weighted by molar-refractivity contribution is 0.455. The lowest BCUT2D eigenvalue weighted by Gasteiger charge is -2.15. The van der Waals surface area contributed by atoms with E-state index in [1.165, 1.54) is 12.1 Å². The Bertz CT molecular complexity index is 377. The van der Waals surface area contributed by atoms with Gasteiger partial charge >= 0.3 is 0 Å². The first kappa shape index (κ1) is 9.93. The molecule has 0 spiro atoms. The van der Waals surface area contributed by atoms with E-state index in [0.29, 0.717) is 12.1 Å². The molecule has 0 aromatic heterocycles. The van der Waals surface area contributed by atoms with Gasteiger partial charge in [-0.2, -0.15) is 0 Å². The quantitative estimate of drug-likeness (QED) is 0.856. The molecule has 0 unspecified atom stereocenters. The number of nitrogens with two attached hydrogens (primary N) is 1. The van der Waals surface area contributed by atoms with Gasteiger partial charge in [0.1, 0.15) is 11.6 Å². The maximum absolute atomic E-state index is 13.3. The number of hydrogen-bond donors (Lipinski definition) is 2. The molecule has 3 N–H and O–H groups in total. The molecule has 2 nitrogen and oxygen atoms in total. The van der Waals surface area contributed by atoms with Gasteiger partial charge in [-0.15, -0.1) is 0 Å². The number of halogens is 2. The van der Waals surface area contributed by atoms with Crippen molar-refractivity contribution in [3.05, 3.63) is 28.0 Å². The van der Waals surface area contributed by atoms with Crippen molar-refractivity contribution in [1.29, 1.82) is 0 Å². The molecule has 1 aliphatic carbocycles. The minimum Gasteiger partial charge on any atom is -0.508 e. The van der Waals surface area contributed by atoms with E-state index in [2.05, 4.69) is 15.9 Å². The molecule has 2 rings (SSSR count). The Hall–Kier alpha value is -0.610. The summed E-state index contributed by atoms with van der Waals surface area (Å²) in [4.78, 5) is 0. The van der Waals surface area contributed by atoms with Gasteiger partial charge < -0.3 is 10.8 Å². The van der Waals surface area contributed by atoms with E-state index in [9.17, 15) is 9.50 Å². The zero-order valence-electron chi connectivity index (χ0n) is 7.56. The molecule has 0 amide bonds. The van der Waals surface area contributed by atoms with Crippen LogP contribution in [0.4, 0.5) is 4.39 Å². The van der Waals surface area contributed by atoms with Crippen LogP contribution in [-0.2, 0) is 5.41 Å². The third-order valence-electron chi connectivity index (χ3n) is 2.85. The van der Waals surface area contributed by atoms with Crippen LogP contribution in [0.2, 0.25) is 0 Å². The van der Waals surface area contributed by atoms with Gasteiger partial charge in [-0.25, -0.2) is 4.39 Å². The van der Waals surface area contributed by atoms with Gasteiger partial charge in [0, 0.05) is 17.5 Å².